The van der Waals surface area contributed by atoms with Crippen LogP contribution in [0.2, 0.25) is 0 Å². The lowest BCUT2D eigenvalue weighted by atomic mass is 10.0. The van der Waals surface area contributed by atoms with Gasteiger partial charge in [-0.15, -0.1) is 16.8 Å². The minimum Gasteiger partial charge on any atom is -0.497 e. The maximum absolute atomic E-state index is 12.5. The fraction of sp³-hybridized carbons (Fsp3) is 0.278. The van der Waals surface area contributed by atoms with E-state index in [0.29, 0.717) is 22.2 Å². The second-order valence-electron chi connectivity index (χ2n) is 5.94. The van der Waals surface area contributed by atoms with E-state index >= 15 is 0 Å². The highest BCUT2D eigenvalue weighted by Gasteiger charge is 2.47. The minimum atomic E-state index is -0.665. The Balaban J connectivity index is 1.67. The summed E-state index contributed by atoms with van der Waals surface area (Å²) in [5.41, 5.74) is 0.659. The van der Waals surface area contributed by atoms with Crippen molar-refractivity contribution in [2.45, 2.75) is 0 Å². The van der Waals surface area contributed by atoms with Gasteiger partial charge in [0, 0.05) is 10.6 Å². The van der Waals surface area contributed by atoms with E-state index in [1.165, 1.54) is 29.6 Å². The van der Waals surface area contributed by atoms with Gasteiger partial charge in [0.1, 0.15) is 12.0 Å². The lowest BCUT2D eigenvalue weighted by molar-refractivity contribution is -0.407. The minimum absolute atomic E-state index is 0.129. The fourth-order valence-electron chi connectivity index (χ4n) is 2.76. The molecule has 0 spiro atoms. The summed E-state index contributed by atoms with van der Waals surface area (Å²) in [6.07, 6.45) is 3.24. The molecule has 27 heavy (non-hydrogen) atoms. The van der Waals surface area contributed by atoms with Crippen molar-refractivity contribution < 1.29 is 23.7 Å². The van der Waals surface area contributed by atoms with Gasteiger partial charge in [0.2, 0.25) is 5.91 Å². The number of hydrogen-bond acceptors (Lipinski definition) is 6. The summed E-state index contributed by atoms with van der Waals surface area (Å²) in [5.74, 6) is 0.000652. The summed E-state index contributed by atoms with van der Waals surface area (Å²) in [4.78, 5) is 42.8. The molecule has 1 aromatic carbocycles. The Morgan fingerprint density at radius 2 is 2.04 bits per heavy atom. The molecule has 0 fully saturated rings. The molecule has 0 bridgehead atoms. The molecule has 0 saturated carbocycles. The molecule has 9 heteroatoms. The number of hydrogen-bond donors (Lipinski definition) is 1. The number of anilines is 1. The zero-order valence-electron chi connectivity index (χ0n) is 15.1. The van der Waals surface area contributed by atoms with Crippen molar-refractivity contribution in [3.05, 3.63) is 35.2 Å². The molecule has 140 valence electrons. The molecule has 3 rings (SSSR count). The lowest BCUT2D eigenvalue weighted by Crippen LogP contribution is -2.52. The number of imide groups is 1. The van der Waals surface area contributed by atoms with Gasteiger partial charge < -0.3 is 10.1 Å². The summed E-state index contributed by atoms with van der Waals surface area (Å²) in [6.45, 7) is 0. The Morgan fingerprint density at radius 1 is 1.33 bits per heavy atom. The Labute approximate surface area is 160 Å². The maximum atomic E-state index is 12.5. The molecule has 1 aromatic rings. The summed E-state index contributed by atoms with van der Waals surface area (Å²) in [7, 11) is 4.59. The largest absolute Gasteiger partial charge is 0.497 e. The number of carbonyl (C=O) groups excluding carboxylic acids is 3. The van der Waals surface area contributed by atoms with Crippen LogP contribution in [0.15, 0.2) is 40.2 Å². The van der Waals surface area contributed by atoms with Crippen molar-refractivity contribution in [2.24, 2.45) is 10.9 Å². The number of amides is 4. The van der Waals surface area contributed by atoms with Gasteiger partial charge in [0.15, 0.2) is 5.92 Å². The van der Waals surface area contributed by atoms with Crippen LogP contribution in [0.1, 0.15) is 0 Å². The number of ether oxygens (including phenoxy) is 1. The molecular weight excluding hydrogens is 368 g/mol. The smallest absolute Gasteiger partial charge is 0.445 e. The van der Waals surface area contributed by atoms with Crippen LogP contribution in [0.4, 0.5) is 10.5 Å². The first-order chi connectivity index (χ1) is 12.9. The summed E-state index contributed by atoms with van der Waals surface area (Å²) >= 11 is 1.25. The zero-order valence-corrected chi connectivity index (χ0v) is 15.9. The van der Waals surface area contributed by atoms with Crippen LogP contribution in [0.3, 0.4) is 0 Å². The van der Waals surface area contributed by atoms with E-state index < -0.39 is 11.9 Å². The van der Waals surface area contributed by atoms with Gasteiger partial charge in [-0.3, -0.25) is 9.59 Å². The highest BCUT2D eigenvalue weighted by atomic mass is 32.2. The number of benzene rings is 1. The number of methoxy groups -OCH3 is 1. The topological polar surface area (TPSA) is 91.1 Å². The van der Waals surface area contributed by atoms with Crippen molar-refractivity contribution in [3.8, 4) is 5.75 Å². The van der Waals surface area contributed by atoms with Crippen molar-refractivity contribution in [3.63, 3.8) is 0 Å². The third-order valence-electron chi connectivity index (χ3n) is 4.23. The van der Waals surface area contributed by atoms with E-state index in [2.05, 4.69) is 10.3 Å². The van der Waals surface area contributed by atoms with Crippen molar-refractivity contribution in [2.75, 3.05) is 32.3 Å². The average Bonchev–Trinajstić information content (AvgIpc) is 2.69. The predicted molar refractivity (Wildman–Crippen MR) is 104 cm³/mol. The molecule has 0 radical (unpaired) electrons. The van der Waals surface area contributed by atoms with E-state index in [0.717, 1.165) is 4.90 Å². The molecule has 0 saturated heterocycles. The summed E-state index contributed by atoms with van der Waals surface area (Å²) < 4.78 is 6.44. The Morgan fingerprint density at radius 3 is 2.70 bits per heavy atom. The first-order valence-corrected chi connectivity index (χ1v) is 9.14. The van der Waals surface area contributed by atoms with E-state index in [4.69, 9.17) is 4.74 Å². The Kier molecular flexibility index (Phi) is 5.41. The summed E-state index contributed by atoms with van der Waals surface area (Å²) in [6, 6.07) is 6.59. The Hall–Kier alpha value is -2.94. The van der Waals surface area contributed by atoms with Crippen molar-refractivity contribution in [1.29, 1.82) is 0 Å². The third-order valence-corrected chi connectivity index (χ3v) is 5.34. The second kappa shape index (κ2) is 7.75. The van der Waals surface area contributed by atoms with Crippen molar-refractivity contribution in [1.82, 2.24) is 4.90 Å². The van der Waals surface area contributed by atoms with Gasteiger partial charge in [-0.05, 0) is 30.3 Å². The van der Waals surface area contributed by atoms with Crippen LogP contribution in [0.5, 0.6) is 5.75 Å². The number of carbonyl (C=O) groups is 3. The molecule has 1 atom stereocenters. The van der Waals surface area contributed by atoms with Gasteiger partial charge in [-0.2, -0.15) is 9.48 Å². The second-order valence-corrected chi connectivity index (χ2v) is 6.99. The van der Waals surface area contributed by atoms with Crippen LogP contribution < -0.4 is 10.1 Å². The number of nitrogens with one attached hydrogen (secondary N) is 1. The molecule has 0 aliphatic carbocycles. The number of urea groups is 1. The molecule has 2 heterocycles. The SMILES string of the molecule is COc1ccc(NC(=O)CSC2=CC=NC3=[N+](C)C(=O)N(C)C(=O)C23)cc1. The number of amidine groups is 1. The number of dihydropyridines is 1. The first-order valence-electron chi connectivity index (χ1n) is 8.15. The highest BCUT2D eigenvalue weighted by molar-refractivity contribution is 8.03. The molecule has 8 nitrogen and oxygen atoms in total. The molecule has 1 N–H and O–H groups in total. The molecule has 2 aliphatic rings. The monoisotopic (exact) mass is 387 g/mol. The van der Waals surface area contributed by atoms with Crippen LogP contribution in [0.25, 0.3) is 0 Å². The number of rotatable bonds is 5. The number of allylic oxidation sites excluding steroid dienone is 1. The highest BCUT2D eigenvalue weighted by Crippen LogP contribution is 2.31. The molecule has 0 aromatic heterocycles. The standard InChI is InChI=1S/C18H18N4O4S/c1-21-16-15(17(24)22(2)18(21)25)13(8-9-19-16)27-10-14(23)20-11-4-6-12(26-3)7-5-11/h4-9,15H,10H2,1-3H3/p+1. The van der Waals surface area contributed by atoms with Crippen LogP contribution in [-0.2, 0) is 9.59 Å². The van der Waals surface area contributed by atoms with Gasteiger partial charge in [-0.25, -0.2) is 4.79 Å². The average molecular weight is 387 g/mol. The van der Waals surface area contributed by atoms with E-state index in [-0.39, 0.29) is 17.6 Å². The lowest BCUT2D eigenvalue weighted by Gasteiger charge is -2.26. The first kappa shape index (κ1) is 18.8. The number of thioether (sulfide) groups is 1. The normalized spacial score (nSPS) is 19.0. The summed E-state index contributed by atoms with van der Waals surface area (Å²) in [5, 5.41) is 2.80. The van der Waals surface area contributed by atoms with E-state index in [1.54, 1.807) is 44.5 Å². The third kappa shape index (κ3) is 3.77. The van der Waals surface area contributed by atoms with Gasteiger partial charge in [0.05, 0.1) is 27.0 Å². The molecule has 2 aliphatic heterocycles. The van der Waals surface area contributed by atoms with E-state index in [1.807, 2.05) is 0 Å². The quantitative estimate of drug-likeness (QED) is 0.775. The Bertz CT molecular complexity index is 889. The van der Waals surface area contributed by atoms with Crippen LogP contribution in [0, 0.1) is 5.92 Å². The van der Waals surface area contributed by atoms with Crippen LogP contribution in [-0.4, -0.2) is 66.3 Å². The fourth-order valence-corrected chi connectivity index (χ4v) is 3.66. The predicted octanol–water partition coefficient (Wildman–Crippen LogP) is 1.58. The maximum Gasteiger partial charge on any atom is 0.445 e. The van der Waals surface area contributed by atoms with E-state index in [9.17, 15) is 14.4 Å². The molecule has 1 unspecified atom stereocenters. The van der Waals surface area contributed by atoms with Crippen LogP contribution >= 0.6 is 11.8 Å². The van der Waals surface area contributed by atoms with Crippen molar-refractivity contribution >= 4 is 47.3 Å². The van der Waals surface area contributed by atoms with Gasteiger partial charge in [0.25, 0.3) is 5.84 Å². The number of fused-ring (bicyclic) bond motifs is 1. The molecule has 4 amide bonds. The zero-order chi connectivity index (χ0) is 19.6. The number of nitrogens with zero attached hydrogens (tertiary/aromatic N) is 3. The number of aliphatic imine (C=N–C) groups is 1. The molecular formula is C18H19N4O4S+. The van der Waals surface area contributed by atoms with Gasteiger partial charge >= 0.3 is 11.9 Å². The van der Waals surface area contributed by atoms with Gasteiger partial charge in [-0.1, -0.05) is 0 Å².